The van der Waals surface area contributed by atoms with Crippen molar-refractivity contribution in [1.29, 1.82) is 0 Å². The number of carbonyl (C=O) groups is 2. The minimum absolute atomic E-state index is 0.00138. The molecule has 2 amide bonds. The lowest BCUT2D eigenvalue weighted by atomic mass is 9.92. The van der Waals surface area contributed by atoms with Crippen LogP contribution < -0.4 is 4.90 Å². The Hall–Kier alpha value is -2.67. The number of aryl methyl sites for hydroxylation is 1. The van der Waals surface area contributed by atoms with Gasteiger partial charge in [-0.25, -0.2) is 4.98 Å². The van der Waals surface area contributed by atoms with E-state index in [2.05, 4.69) is 4.98 Å². The third-order valence-electron chi connectivity index (χ3n) is 5.93. The van der Waals surface area contributed by atoms with Crippen LogP contribution in [-0.4, -0.2) is 58.1 Å². The van der Waals surface area contributed by atoms with Crippen molar-refractivity contribution in [3.05, 3.63) is 49.1 Å². The summed E-state index contributed by atoms with van der Waals surface area (Å²) in [7, 11) is 0. The van der Waals surface area contributed by atoms with E-state index >= 15 is 0 Å². The van der Waals surface area contributed by atoms with E-state index in [0.717, 1.165) is 44.5 Å². The Kier molecular flexibility index (Phi) is 5.94. The van der Waals surface area contributed by atoms with Crippen molar-refractivity contribution in [2.24, 2.45) is 0 Å². The first kappa shape index (κ1) is 19.6. The number of aromatic nitrogens is 2. The van der Waals surface area contributed by atoms with Gasteiger partial charge >= 0.3 is 0 Å². The molecule has 2 aromatic rings. The maximum atomic E-state index is 12.7. The fourth-order valence-corrected chi connectivity index (χ4v) is 4.27. The lowest BCUT2D eigenvalue weighted by molar-refractivity contribution is -0.141. The molecule has 1 spiro atoms. The molecule has 2 saturated heterocycles. The van der Waals surface area contributed by atoms with E-state index in [4.69, 9.17) is 4.74 Å². The number of morpholine rings is 1. The summed E-state index contributed by atoms with van der Waals surface area (Å²) >= 11 is 0. The predicted molar refractivity (Wildman–Crippen MR) is 109 cm³/mol. The molecule has 3 heterocycles. The summed E-state index contributed by atoms with van der Waals surface area (Å²) in [4.78, 5) is 32.9. The number of likely N-dealkylation sites (tertiary alicyclic amines) is 1. The van der Waals surface area contributed by atoms with Crippen LogP contribution in [0.25, 0.3) is 0 Å². The van der Waals surface area contributed by atoms with Gasteiger partial charge in [0, 0.05) is 44.1 Å². The van der Waals surface area contributed by atoms with Crippen LogP contribution in [0.4, 0.5) is 5.69 Å². The highest BCUT2D eigenvalue weighted by molar-refractivity contribution is 5.95. The van der Waals surface area contributed by atoms with Crippen molar-refractivity contribution in [3.8, 4) is 0 Å². The average molecular weight is 396 g/mol. The molecule has 7 heteroatoms. The van der Waals surface area contributed by atoms with Crippen LogP contribution in [0.5, 0.6) is 0 Å². The molecular formula is C22H28N4O3. The SMILES string of the molecule is O=C(CCCn1ccnc1)N1CCCC2(CC1)CN(c1ccccc1)C(=O)CO2. The van der Waals surface area contributed by atoms with Gasteiger partial charge < -0.3 is 19.1 Å². The summed E-state index contributed by atoms with van der Waals surface area (Å²) in [5, 5.41) is 0. The highest BCUT2D eigenvalue weighted by Crippen LogP contribution is 2.33. The van der Waals surface area contributed by atoms with Crippen molar-refractivity contribution >= 4 is 17.5 Å². The van der Waals surface area contributed by atoms with E-state index in [1.807, 2.05) is 50.9 Å². The van der Waals surface area contributed by atoms with E-state index < -0.39 is 0 Å². The zero-order chi connectivity index (χ0) is 20.1. The highest BCUT2D eigenvalue weighted by Gasteiger charge is 2.41. The molecular weight excluding hydrogens is 368 g/mol. The first-order chi connectivity index (χ1) is 14.2. The number of anilines is 1. The van der Waals surface area contributed by atoms with Crippen molar-refractivity contribution in [1.82, 2.24) is 14.5 Å². The molecule has 1 unspecified atom stereocenters. The largest absolute Gasteiger partial charge is 0.363 e. The Balaban J connectivity index is 1.34. The average Bonchev–Trinajstić information content (AvgIpc) is 3.18. The topological polar surface area (TPSA) is 67.7 Å². The second kappa shape index (κ2) is 8.78. The maximum Gasteiger partial charge on any atom is 0.253 e. The van der Waals surface area contributed by atoms with Gasteiger partial charge in [-0.05, 0) is 37.8 Å². The lowest BCUT2D eigenvalue weighted by Gasteiger charge is -2.42. The van der Waals surface area contributed by atoms with Crippen molar-refractivity contribution in [2.45, 2.75) is 44.2 Å². The van der Waals surface area contributed by atoms with Crippen LogP contribution in [0.1, 0.15) is 32.1 Å². The number of ether oxygens (including phenoxy) is 1. The Morgan fingerprint density at radius 1 is 1.17 bits per heavy atom. The Labute approximate surface area is 171 Å². The molecule has 1 aromatic heterocycles. The summed E-state index contributed by atoms with van der Waals surface area (Å²) < 4.78 is 8.06. The van der Waals surface area contributed by atoms with Gasteiger partial charge in [0.25, 0.3) is 5.91 Å². The maximum absolute atomic E-state index is 12.7. The van der Waals surface area contributed by atoms with Gasteiger partial charge in [0.2, 0.25) is 5.91 Å². The first-order valence-corrected chi connectivity index (χ1v) is 10.4. The zero-order valence-corrected chi connectivity index (χ0v) is 16.7. The number of imidazole rings is 1. The number of rotatable bonds is 5. The molecule has 29 heavy (non-hydrogen) atoms. The number of hydrogen-bond acceptors (Lipinski definition) is 4. The van der Waals surface area contributed by atoms with Gasteiger partial charge in [-0.1, -0.05) is 18.2 Å². The number of nitrogens with zero attached hydrogens (tertiary/aromatic N) is 4. The summed E-state index contributed by atoms with van der Waals surface area (Å²) in [6.45, 7) is 2.90. The summed E-state index contributed by atoms with van der Waals surface area (Å²) in [5.74, 6) is 0.201. The number of benzene rings is 1. The van der Waals surface area contributed by atoms with Crippen LogP contribution in [0.2, 0.25) is 0 Å². The standard InChI is InChI=1S/C22H28N4O3/c27-20(8-4-12-24-15-11-23-18-24)25-13-5-9-22(10-14-25)17-26(21(28)16-29-22)19-6-2-1-3-7-19/h1-3,6-7,11,15,18H,4-5,8-10,12-14,16-17H2. The zero-order valence-electron chi connectivity index (χ0n) is 16.7. The molecule has 2 aliphatic rings. The predicted octanol–water partition coefficient (Wildman–Crippen LogP) is 2.48. The quantitative estimate of drug-likeness (QED) is 0.779. The molecule has 1 aromatic carbocycles. The van der Waals surface area contributed by atoms with E-state index in [0.29, 0.717) is 19.5 Å². The van der Waals surface area contributed by atoms with Gasteiger partial charge in [-0.15, -0.1) is 0 Å². The Bertz CT molecular complexity index is 824. The molecule has 0 aliphatic carbocycles. The van der Waals surface area contributed by atoms with E-state index in [1.165, 1.54) is 0 Å². The fraction of sp³-hybridized carbons (Fsp3) is 0.500. The van der Waals surface area contributed by atoms with Crippen molar-refractivity contribution < 1.29 is 14.3 Å². The van der Waals surface area contributed by atoms with E-state index in [-0.39, 0.29) is 24.0 Å². The van der Waals surface area contributed by atoms with Crippen molar-refractivity contribution in [3.63, 3.8) is 0 Å². The van der Waals surface area contributed by atoms with Crippen LogP contribution in [0.3, 0.4) is 0 Å². The van der Waals surface area contributed by atoms with Crippen LogP contribution in [0.15, 0.2) is 49.1 Å². The van der Waals surface area contributed by atoms with Crippen LogP contribution >= 0.6 is 0 Å². The lowest BCUT2D eigenvalue weighted by Crippen LogP contribution is -2.55. The number of amides is 2. The van der Waals surface area contributed by atoms with Crippen LogP contribution in [-0.2, 0) is 20.9 Å². The van der Waals surface area contributed by atoms with Gasteiger partial charge in [0.1, 0.15) is 6.61 Å². The molecule has 2 fully saturated rings. The molecule has 1 atom stereocenters. The van der Waals surface area contributed by atoms with E-state index in [1.54, 1.807) is 12.5 Å². The van der Waals surface area contributed by atoms with E-state index in [9.17, 15) is 9.59 Å². The molecule has 2 aliphatic heterocycles. The smallest absolute Gasteiger partial charge is 0.253 e. The Morgan fingerprint density at radius 2 is 2.03 bits per heavy atom. The third-order valence-corrected chi connectivity index (χ3v) is 5.93. The van der Waals surface area contributed by atoms with Gasteiger partial charge in [0.05, 0.1) is 18.5 Å². The normalized spacial score (nSPS) is 22.7. The van der Waals surface area contributed by atoms with Crippen molar-refractivity contribution in [2.75, 3.05) is 31.1 Å². The summed E-state index contributed by atoms with van der Waals surface area (Å²) in [5.41, 5.74) is 0.548. The summed E-state index contributed by atoms with van der Waals surface area (Å²) in [6, 6.07) is 9.77. The molecule has 0 saturated carbocycles. The minimum Gasteiger partial charge on any atom is -0.363 e. The van der Waals surface area contributed by atoms with Crippen LogP contribution in [0, 0.1) is 0 Å². The highest BCUT2D eigenvalue weighted by atomic mass is 16.5. The number of hydrogen-bond donors (Lipinski definition) is 0. The first-order valence-electron chi connectivity index (χ1n) is 10.4. The fourth-order valence-electron chi connectivity index (χ4n) is 4.27. The van der Waals surface area contributed by atoms with Gasteiger partial charge in [-0.3, -0.25) is 9.59 Å². The number of carbonyl (C=O) groups excluding carboxylic acids is 2. The summed E-state index contributed by atoms with van der Waals surface area (Å²) in [6.07, 6.45) is 9.32. The molecule has 4 rings (SSSR count). The molecule has 0 bridgehead atoms. The van der Waals surface area contributed by atoms with Gasteiger partial charge in [0.15, 0.2) is 0 Å². The molecule has 7 nitrogen and oxygen atoms in total. The molecule has 154 valence electrons. The van der Waals surface area contributed by atoms with Gasteiger partial charge in [-0.2, -0.15) is 0 Å². The minimum atomic E-state index is -0.365. The third kappa shape index (κ3) is 4.67. The molecule has 0 N–H and O–H groups in total. The second-order valence-corrected chi connectivity index (χ2v) is 7.93. The Morgan fingerprint density at radius 3 is 2.83 bits per heavy atom. The second-order valence-electron chi connectivity index (χ2n) is 7.93. The monoisotopic (exact) mass is 396 g/mol. The number of para-hydroxylation sites is 1. The molecule has 0 radical (unpaired) electrons.